The minimum atomic E-state index is -0.401. The molecule has 0 radical (unpaired) electrons. The van der Waals surface area contributed by atoms with Gasteiger partial charge in [-0.1, -0.05) is 25.6 Å². The highest BCUT2D eigenvalue weighted by Gasteiger charge is 2.47. The van der Waals surface area contributed by atoms with Gasteiger partial charge >= 0.3 is 11.9 Å². The molecule has 0 saturated carbocycles. The van der Waals surface area contributed by atoms with E-state index in [1.165, 1.54) is 6.08 Å². The highest BCUT2D eigenvalue weighted by Crippen LogP contribution is 2.32. The Balaban J connectivity index is 1.28. The summed E-state index contributed by atoms with van der Waals surface area (Å²) in [4.78, 5) is 23.4. The molecule has 0 N–H and O–H groups in total. The summed E-state index contributed by atoms with van der Waals surface area (Å²) < 4.78 is 27.7. The van der Waals surface area contributed by atoms with Crippen molar-refractivity contribution in [2.75, 3.05) is 26.4 Å². The van der Waals surface area contributed by atoms with E-state index in [1.54, 1.807) is 13.0 Å². The van der Waals surface area contributed by atoms with Crippen LogP contribution in [0.2, 0.25) is 0 Å². The number of unbranched alkanes of at least 4 members (excludes halogenated alkanes) is 3. The second-order valence-corrected chi connectivity index (χ2v) is 8.63. The third-order valence-corrected chi connectivity index (χ3v) is 5.70. The molecule has 2 heterocycles. The molecular weight excluding hydrogens is 424 g/mol. The van der Waals surface area contributed by atoms with E-state index in [0.717, 1.165) is 37.0 Å². The Kier molecular flexibility index (Phi) is 9.51. The average molecular weight is 459 g/mol. The zero-order valence-corrected chi connectivity index (χ0v) is 19.5. The molecule has 0 amide bonds. The van der Waals surface area contributed by atoms with Gasteiger partial charge in [0.15, 0.2) is 6.10 Å². The maximum atomic E-state index is 12.2. The highest BCUT2D eigenvalue weighted by atomic mass is 16.6. The van der Waals surface area contributed by atoms with Crippen LogP contribution < -0.4 is 4.74 Å². The second-order valence-electron chi connectivity index (χ2n) is 8.63. The number of carbonyl (C=O) groups is 2. The van der Waals surface area contributed by atoms with Crippen molar-refractivity contribution in [3.8, 4) is 5.75 Å². The van der Waals surface area contributed by atoms with Gasteiger partial charge in [-0.05, 0) is 56.4 Å². The standard InChI is InChI=1S/C26H34O7/c1-18(2)26(28)30-15-7-5-4-6-14-29-21-11-8-20(9-12-21)10-13-23(27)33-22-17-32-24-19(3)16-31-25(22)24/h8-13,19,22,24-25H,1,4-7,14-17H2,2-3H3/b13-10+/t19-,22+,24+,25+/m0/s1. The highest BCUT2D eigenvalue weighted by molar-refractivity contribution is 5.87. The minimum Gasteiger partial charge on any atom is -0.494 e. The molecule has 0 unspecified atom stereocenters. The lowest BCUT2D eigenvalue weighted by Crippen LogP contribution is -2.32. The van der Waals surface area contributed by atoms with Gasteiger partial charge in [0.25, 0.3) is 0 Å². The Morgan fingerprint density at radius 2 is 1.73 bits per heavy atom. The fourth-order valence-electron chi connectivity index (χ4n) is 3.82. The minimum absolute atomic E-state index is 0.0191. The molecular formula is C26H34O7. The summed E-state index contributed by atoms with van der Waals surface area (Å²) in [6.45, 7) is 9.35. The fraction of sp³-hybridized carbons (Fsp3) is 0.538. The van der Waals surface area contributed by atoms with Crippen LogP contribution >= 0.6 is 0 Å². The normalized spacial score (nSPS) is 23.9. The Hall–Kier alpha value is -2.64. The van der Waals surface area contributed by atoms with Crippen molar-refractivity contribution in [1.82, 2.24) is 0 Å². The molecule has 0 aliphatic carbocycles. The molecule has 7 nitrogen and oxygen atoms in total. The molecule has 2 aliphatic rings. The molecule has 0 spiro atoms. The number of fused-ring (bicyclic) bond motifs is 1. The molecule has 33 heavy (non-hydrogen) atoms. The molecule has 1 aromatic carbocycles. The first-order valence-electron chi connectivity index (χ1n) is 11.6. The lowest BCUT2D eigenvalue weighted by atomic mass is 10.0. The predicted octanol–water partition coefficient (Wildman–Crippen LogP) is 4.10. The van der Waals surface area contributed by atoms with E-state index in [4.69, 9.17) is 23.7 Å². The van der Waals surface area contributed by atoms with E-state index in [1.807, 2.05) is 24.3 Å². The predicted molar refractivity (Wildman–Crippen MR) is 124 cm³/mol. The van der Waals surface area contributed by atoms with Crippen molar-refractivity contribution in [3.63, 3.8) is 0 Å². The van der Waals surface area contributed by atoms with Gasteiger partial charge in [-0.3, -0.25) is 0 Å². The van der Waals surface area contributed by atoms with Crippen LogP contribution in [0.3, 0.4) is 0 Å². The van der Waals surface area contributed by atoms with E-state index in [9.17, 15) is 9.59 Å². The number of hydrogen-bond donors (Lipinski definition) is 0. The van der Waals surface area contributed by atoms with Gasteiger partial charge in [0.1, 0.15) is 11.9 Å². The third-order valence-electron chi connectivity index (χ3n) is 5.70. The molecule has 2 aliphatic heterocycles. The molecule has 4 atom stereocenters. The van der Waals surface area contributed by atoms with E-state index in [2.05, 4.69) is 13.5 Å². The number of carbonyl (C=O) groups excluding carboxylic acids is 2. The van der Waals surface area contributed by atoms with Gasteiger partial charge in [0.2, 0.25) is 0 Å². The molecule has 3 rings (SSSR count). The van der Waals surface area contributed by atoms with Crippen LogP contribution in [0.5, 0.6) is 5.75 Å². The van der Waals surface area contributed by atoms with Crippen LogP contribution in [0.4, 0.5) is 0 Å². The summed E-state index contributed by atoms with van der Waals surface area (Å²) in [6, 6.07) is 7.55. The molecule has 7 heteroatoms. The smallest absolute Gasteiger partial charge is 0.333 e. The molecule has 180 valence electrons. The Morgan fingerprint density at radius 1 is 1.03 bits per heavy atom. The Labute approximate surface area is 195 Å². The molecule has 0 aromatic heterocycles. The SMILES string of the molecule is C=C(C)C(=O)OCCCCCCOc1ccc(/C=C/C(=O)O[C@@H]2CO[C@H]3[C@@H]2OC[C@@H]3C)cc1. The van der Waals surface area contributed by atoms with E-state index in [-0.39, 0.29) is 24.3 Å². The lowest BCUT2D eigenvalue weighted by Gasteiger charge is -2.15. The summed E-state index contributed by atoms with van der Waals surface area (Å²) in [5.41, 5.74) is 1.31. The first-order valence-corrected chi connectivity index (χ1v) is 11.6. The topological polar surface area (TPSA) is 80.3 Å². The summed E-state index contributed by atoms with van der Waals surface area (Å²) in [5.74, 6) is 0.380. The van der Waals surface area contributed by atoms with Crippen molar-refractivity contribution in [3.05, 3.63) is 48.1 Å². The van der Waals surface area contributed by atoms with E-state index in [0.29, 0.717) is 37.9 Å². The molecule has 1 aromatic rings. The number of rotatable bonds is 12. The van der Waals surface area contributed by atoms with Crippen molar-refractivity contribution < 1.29 is 33.3 Å². The summed E-state index contributed by atoms with van der Waals surface area (Å²) >= 11 is 0. The largest absolute Gasteiger partial charge is 0.494 e. The first kappa shape index (κ1) is 25.0. The van der Waals surface area contributed by atoms with Crippen LogP contribution in [-0.2, 0) is 28.5 Å². The molecule has 2 saturated heterocycles. The average Bonchev–Trinajstić information content (AvgIpc) is 3.37. The van der Waals surface area contributed by atoms with E-state index >= 15 is 0 Å². The number of ether oxygens (including phenoxy) is 5. The van der Waals surface area contributed by atoms with Gasteiger partial charge in [-0.2, -0.15) is 0 Å². The molecule has 0 bridgehead atoms. The number of hydrogen-bond acceptors (Lipinski definition) is 7. The Bertz CT molecular complexity index is 830. The van der Waals surface area contributed by atoms with Gasteiger partial charge in [-0.15, -0.1) is 0 Å². The fourth-order valence-corrected chi connectivity index (χ4v) is 3.82. The second kappa shape index (κ2) is 12.6. The van der Waals surface area contributed by atoms with Crippen LogP contribution in [0.15, 0.2) is 42.5 Å². The van der Waals surface area contributed by atoms with Crippen molar-refractivity contribution in [1.29, 1.82) is 0 Å². The van der Waals surface area contributed by atoms with Crippen LogP contribution in [0, 0.1) is 5.92 Å². The zero-order valence-electron chi connectivity index (χ0n) is 19.5. The monoisotopic (exact) mass is 458 g/mol. The Morgan fingerprint density at radius 3 is 2.45 bits per heavy atom. The maximum Gasteiger partial charge on any atom is 0.333 e. The van der Waals surface area contributed by atoms with Gasteiger partial charge in [0.05, 0.1) is 32.5 Å². The van der Waals surface area contributed by atoms with E-state index < -0.39 is 5.97 Å². The third kappa shape index (κ3) is 7.72. The van der Waals surface area contributed by atoms with Gasteiger partial charge in [0, 0.05) is 17.6 Å². The number of esters is 2. The zero-order chi connectivity index (χ0) is 23.6. The molecule has 2 fully saturated rings. The van der Waals surface area contributed by atoms with Crippen LogP contribution in [0.25, 0.3) is 6.08 Å². The van der Waals surface area contributed by atoms with Crippen molar-refractivity contribution >= 4 is 18.0 Å². The van der Waals surface area contributed by atoms with Crippen LogP contribution in [0.1, 0.15) is 45.1 Å². The lowest BCUT2D eigenvalue weighted by molar-refractivity contribution is -0.147. The first-order chi connectivity index (χ1) is 15.9. The summed E-state index contributed by atoms with van der Waals surface area (Å²) in [5, 5.41) is 0. The summed E-state index contributed by atoms with van der Waals surface area (Å²) in [6.07, 6.45) is 6.41. The van der Waals surface area contributed by atoms with Gasteiger partial charge in [-0.25, -0.2) is 9.59 Å². The maximum absolute atomic E-state index is 12.2. The quantitative estimate of drug-likeness (QED) is 0.265. The van der Waals surface area contributed by atoms with Crippen molar-refractivity contribution in [2.45, 2.75) is 57.8 Å². The van der Waals surface area contributed by atoms with Crippen LogP contribution in [-0.4, -0.2) is 56.7 Å². The number of benzene rings is 1. The van der Waals surface area contributed by atoms with Crippen molar-refractivity contribution in [2.24, 2.45) is 5.92 Å². The van der Waals surface area contributed by atoms with Gasteiger partial charge < -0.3 is 23.7 Å². The summed E-state index contributed by atoms with van der Waals surface area (Å²) in [7, 11) is 0.